The Balaban J connectivity index is 2.17. The van der Waals surface area contributed by atoms with Gasteiger partial charge >= 0.3 is 0 Å². The first-order valence-electron chi connectivity index (χ1n) is 9.77. The Bertz CT molecular complexity index is 1020. The molecule has 30 heavy (non-hydrogen) atoms. The fourth-order valence-electron chi connectivity index (χ4n) is 3.05. The fourth-order valence-corrected chi connectivity index (χ4v) is 3.90. The zero-order valence-corrected chi connectivity index (χ0v) is 19.2. The van der Waals surface area contributed by atoms with E-state index in [0.29, 0.717) is 5.56 Å². The van der Waals surface area contributed by atoms with Crippen molar-refractivity contribution in [2.24, 2.45) is 0 Å². The average molecular weight is 431 g/mol. The third kappa shape index (κ3) is 6.16. The minimum Gasteiger partial charge on any atom is -0.348 e. The molecule has 0 heterocycles. The highest BCUT2D eigenvalue weighted by molar-refractivity contribution is 7.92. The highest BCUT2D eigenvalue weighted by Gasteiger charge is 2.23. The van der Waals surface area contributed by atoms with Crippen LogP contribution < -0.4 is 9.62 Å². The van der Waals surface area contributed by atoms with Crippen LogP contribution in [-0.4, -0.2) is 32.9 Å². The lowest BCUT2D eigenvalue weighted by Gasteiger charge is -2.24. The van der Waals surface area contributed by atoms with Gasteiger partial charge in [0.15, 0.2) is 5.78 Å². The van der Waals surface area contributed by atoms with Gasteiger partial charge in [-0.15, -0.1) is 0 Å². The average Bonchev–Trinajstić information content (AvgIpc) is 2.64. The quantitative estimate of drug-likeness (QED) is 0.677. The zero-order valence-electron chi connectivity index (χ0n) is 18.4. The molecule has 0 aliphatic heterocycles. The molecule has 1 amide bonds. The van der Waals surface area contributed by atoms with Crippen molar-refractivity contribution in [2.75, 3.05) is 17.1 Å². The van der Waals surface area contributed by atoms with Crippen LogP contribution in [0.4, 0.5) is 5.69 Å². The molecule has 1 unspecified atom stereocenters. The second-order valence-corrected chi connectivity index (χ2v) is 10.4. The number of ketones is 1. The lowest BCUT2D eigenvalue weighted by Crippen LogP contribution is -2.41. The van der Waals surface area contributed by atoms with E-state index in [2.05, 4.69) is 26.1 Å². The lowest BCUT2D eigenvalue weighted by atomic mass is 9.86. The van der Waals surface area contributed by atoms with Crippen molar-refractivity contribution in [3.63, 3.8) is 0 Å². The van der Waals surface area contributed by atoms with Crippen LogP contribution in [0.2, 0.25) is 0 Å². The first-order chi connectivity index (χ1) is 13.8. The Kier molecular flexibility index (Phi) is 7.08. The van der Waals surface area contributed by atoms with Gasteiger partial charge in [-0.3, -0.25) is 13.9 Å². The van der Waals surface area contributed by atoms with E-state index in [1.54, 1.807) is 18.2 Å². The highest BCUT2D eigenvalue weighted by Crippen LogP contribution is 2.24. The topological polar surface area (TPSA) is 83.6 Å². The Morgan fingerprint density at radius 1 is 1.07 bits per heavy atom. The number of sulfonamides is 1. The minimum absolute atomic E-state index is 0.0371. The maximum atomic E-state index is 12.6. The van der Waals surface area contributed by atoms with E-state index in [0.717, 1.165) is 16.1 Å². The number of carbonyl (C=O) groups is 2. The van der Waals surface area contributed by atoms with Crippen LogP contribution in [0.3, 0.4) is 0 Å². The molecule has 0 radical (unpaired) electrons. The van der Waals surface area contributed by atoms with E-state index in [4.69, 9.17) is 0 Å². The SMILES string of the molecule is CC(=O)c1cccc(N(CC(=O)NC(C)c2ccc(C(C)(C)C)cc2)S(C)(=O)=O)c1. The van der Waals surface area contributed by atoms with E-state index in [1.165, 1.54) is 18.6 Å². The molecule has 162 valence electrons. The first-order valence-corrected chi connectivity index (χ1v) is 11.6. The minimum atomic E-state index is -3.72. The number of benzene rings is 2. The van der Waals surface area contributed by atoms with Crippen molar-refractivity contribution >= 4 is 27.4 Å². The molecule has 0 aromatic heterocycles. The van der Waals surface area contributed by atoms with Crippen LogP contribution in [0.25, 0.3) is 0 Å². The second kappa shape index (κ2) is 9.00. The molecule has 0 aliphatic carbocycles. The maximum absolute atomic E-state index is 12.6. The van der Waals surface area contributed by atoms with Gasteiger partial charge in [-0.1, -0.05) is 57.2 Å². The van der Waals surface area contributed by atoms with Gasteiger partial charge in [0.25, 0.3) is 0 Å². The Morgan fingerprint density at radius 2 is 1.67 bits per heavy atom. The number of anilines is 1. The number of rotatable bonds is 7. The Morgan fingerprint density at radius 3 is 2.17 bits per heavy atom. The van der Waals surface area contributed by atoms with Crippen LogP contribution in [0.1, 0.15) is 62.1 Å². The van der Waals surface area contributed by atoms with Gasteiger partial charge in [0.1, 0.15) is 6.54 Å². The third-order valence-electron chi connectivity index (χ3n) is 4.88. The second-order valence-electron chi connectivity index (χ2n) is 8.54. The molecule has 1 atom stereocenters. The van der Waals surface area contributed by atoms with Crippen LogP contribution in [0.5, 0.6) is 0 Å². The zero-order chi connectivity index (χ0) is 22.7. The summed E-state index contributed by atoms with van der Waals surface area (Å²) in [4.78, 5) is 24.3. The summed E-state index contributed by atoms with van der Waals surface area (Å²) in [6.07, 6.45) is 1.04. The summed E-state index contributed by atoms with van der Waals surface area (Å²) in [5, 5.41) is 2.85. The molecule has 6 nitrogen and oxygen atoms in total. The number of Topliss-reactive ketones (excluding diaryl/α,β-unsaturated/α-hetero) is 1. The van der Waals surface area contributed by atoms with Gasteiger partial charge < -0.3 is 5.32 Å². The number of hydrogen-bond acceptors (Lipinski definition) is 4. The van der Waals surface area contributed by atoms with Crippen LogP contribution in [-0.2, 0) is 20.2 Å². The molecule has 7 heteroatoms. The van der Waals surface area contributed by atoms with E-state index in [-0.39, 0.29) is 29.5 Å². The third-order valence-corrected chi connectivity index (χ3v) is 6.02. The molecule has 0 spiro atoms. The van der Waals surface area contributed by atoms with Crippen molar-refractivity contribution in [1.82, 2.24) is 5.32 Å². The highest BCUT2D eigenvalue weighted by atomic mass is 32.2. The molecule has 0 bridgehead atoms. The number of nitrogens with one attached hydrogen (secondary N) is 1. The Hall–Kier alpha value is -2.67. The smallest absolute Gasteiger partial charge is 0.241 e. The normalized spacial score (nSPS) is 12.9. The summed E-state index contributed by atoms with van der Waals surface area (Å²) in [6, 6.07) is 14.0. The molecule has 2 rings (SSSR count). The van der Waals surface area contributed by atoms with Gasteiger partial charge in [0.05, 0.1) is 18.0 Å². The fraction of sp³-hybridized carbons (Fsp3) is 0.391. The van der Waals surface area contributed by atoms with E-state index in [9.17, 15) is 18.0 Å². The van der Waals surface area contributed by atoms with E-state index < -0.39 is 15.9 Å². The van der Waals surface area contributed by atoms with Gasteiger partial charge in [0.2, 0.25) is 15.9 Å². The monoisotopic (exact) mass is 430 g/mol. The summed E-state index contributed by atoms with van der Waals surface area (Å²) < 4.78 is 25.6. The number of nitrogens with zero attached hydrogens (tertiary/aromatic N) is 1. The molecule has 1 N–H and O–H groups in total. The molecule has 0 aliphatic rings. The summed E-state index contributed by atoms with van der Waals surface area (Å²) in [5.74, 6) is -0.608. The van der Waals surface area contributed by atoms with Crippen molar-refractivity contribution in [3.8, 4) is 0 Å². The van der Waals surface area contributed by atoms with Crippen molar-refractivity contribution in [2.45, 2.75) is 46.1 Å². The van der Waals surface area contributed by atoms with Gasteiger partial charge in [0, 0.05) is 5.56 Å². The predicted molar refractivity (Wildman–Crippen MR) is 120 cm³/mol. The van der Waals surface area contributed by atoms with Gasteiger partial charge in [-0.05, 0) is 42.5 Å². The molecular weight excluding hydrogens is 400 g/mol. The van der Waals surface area contributed by atoms with Crippen LogP contribution in [0.15, 0.2) is 48.5 Å². The summed E-state index contributed by atoms with van der Waals surface area (Å²) >= 11 is 0. The summed E-state index contributed by atoms with van der Waals surface area (Å²) in [6.45, 7) is 9.29. The van der Waals surface area contributed by atoms with Gasteiger partial charge in [-0.2, -0.15) is 0 Å². The van der Waals surface area contributed by atoms with Crippen molar-refractivity contribution in [1.29, 1.82) is 0 Å². The standard InChI is InChI=1S/C23H30N2O4S/c1-16(18-10-12-20(13-11-18)23(3,4)5)24-22(27)15-25(30(6,28)29)21-9-7-8-19(14-21)17(2)26/h7-14,16H,15H2,1-6H3,(H,24,27). The number of hydrogen-bond donors (Lipinski definition) is 1. The van der Waals surface area contributed by atoms with E-state index >= 15 is 0 Å². The van der Waals surface area contributed by atoms with Crippen molar-refractivity contribution in [3.05, 3.63) is 65.2 Å². The summed E-state index contributed by atoms with van der Waals surface area (Å²) in [5.41, 5.74) is 2.82. The summed E-state index contributed by atoms with van der Waals surface area (Å²) in [7, 11) is -3.72. The molecule has 0 saturated carbocycles. The molecule has 2 aromatic rings. The first kappa shape index (κ1) is 23.6. The lowest BCUT2D eigenvalue weighted by molar-refractivity contribution is -0.120. The van der Waals surface area contributed by atoms with E-state index in [1.807, 2.05) is 31.2 Å². The maximum Gasteiger partial charge on any atom is 0.241 e. The molecule has 0 saturated heterocycles. The number of carbonyl (C=O) groups excluding carboxylic acids is 2. The molecular formula is C23H30N2O4S. The predicted octanol–water partition coefficient (Wildman–Crippen LogP) is 3.83. The number of amides is 1. The molecule has 2 aromatic carbocycles. The van der Waals surface area contributed by atoms with Crippen molar-refractivity contribution < 1.29 is 18.0 Å². The Labute approximate surface area is 179 Å². The molecule has 0 fully saturated rings. The van der Waals surface area contributed by atoms with Crippen LogP contribution >= 0.6 is 0 Å². The van der Waals surface area contributed by atoms with Crippen LogP contribution in [0, 0.1) is 0 Å². The largest absolute Gasteiger partial charge is 0.348 e. The van der Waals surface area contributed by atoms with Gasteiger partial charge in [-0.25, -0.2) is 8.42 Å².